The third kappa shape index (κ3) is 3.73. The van der Waals surface area contributed by atoms with Crippen LogP contribution in [0.15, 0.2) is 47.7 Å². The first-order valence-electron chi connectivity index (χ1n) is 7.19. The number of fused-ring (bicyclic) bond motifs is 1. The molecule has 2 rings (SSSR count). The molecule has 0 aliphatic carbocycles. The molecule has 3 N–H and O–H groups in total. The number of hydrogen-bond donors (Lipinski definition) is 3. The van der Waals surface area contributed by atoms with Gasteiger partial charge < -0.3 is 10.4 Å². The molecule has 0 spiro atoms. The number of aromatic amines is 1. The molecule has 0 unspecified atom stereocenters. The Hall–Kier alpha value is -2.73. The van der Waals surface area contributed by atoms with E-state index in [1.165, 1.54) is 12.3 Å². The molecule has 1 amide bonds. The van der Waals surface area contributed by atoms with E-state index in [1.807, 2.05) is 0 Å². The van der Waals surface area contributed by atoms with Gasteiger partial charge in [-0.25, -0.2) is 0 Å². The van der Waals surface area contributed by atoms with Gasteiger partial charge in [0.15, 0.2) is 0 Å². The first kappa shape index (κ1) is 16.6. The monoisotopic (exact) mass is 312 g/mol. The van der Waals surface area contributed by atoms with Gasteiger partial charge in [-0.15, -0.1) is 0 Å². The SMILES string of the molecule is C=C/C=N\C(=C/C)C(=O)Nc1cc2cn[nH]c2cc1C(C)(C)O. The van der Waals surface area contributed by atoms with Crippen LogP contribution in [-0.2, 0) is 10.4 Å². The molecule has 0 saturated carbocycles. The number of rotatable bonds is 5. The van der Waals surface area contributed by atoms with E-state index < -0.39 is 5.60 Å². The number of aromatic nitrogens is 2. The molecule has 6 heteroatoms. The van der Waals surface area contributed by atoms with Crippen molar-refractivity contribution < 1.29 is 9.90 Å². The number of carbonyl (C=O) groups excluding carboxylic acids is 1. The molecular weight excluding hydrogens is 292 g/mol. The van der Waals surface area contributed by atoms with Gasteiger partial charge in [-0.2, -0.15) is 5.10 Å². The molecule has 120 valence electrons. The highest BCUT2D eigenvalue weighted by molar-refractivity contribution is 6.06. The maximum atomic E-state index is 12.4. The number of allylic oxidation sites excluding steroid dienone is 2. The maximum Gasteiger partial charge on any atom is 0.273 e. The van der Waals surface area contributed by atoms with Crippen LogP contribution in [0.3, 0.4) is 0 Å². The van der Waals surface area contributed by atoms with Crippen LogP contribution < -0.4 is 5.32 Å². The Morgan fingerprint density at radius 2 is 2.22 bits per heavy atom. The normalized spacial score (nSPS) is 12.8. The molecule has 1 aromatic carbocycles. The molecule has 1 aromatic heterocycles. The van der Waals surface area contributed by atoms with Gasteiger partial charge in [0.1, 0.15) is 5.70 Å². The lowest BCUT2D eigenvalue weighted by atomic mass is 9.95. The third-order valence-corrected chi connectivity index (χ3v) is 3.31. The Balaban J connectivity index is 2.43. The van der Waals surface area contributed by atoms with Gasteiger partial charge in [-0.1, -0.05) is 18.7 Å². The lowest BCUT2D eigenvalue weighted by Crippen LogP contribution is -2.21. The largest absolute Gasteiger partial charge is 0.386 e. The fourth-order valence-corrected chi connectivity index (χ4v) is 2.18. The predicted octanol–water partition coefficient (Wildman–Crippen LogP) is 2.89. The zero-order valence-electron chi connectivity index (χ0n) is 13.4. The standard InChI is InChI=1S/C17H20N4O2/c1-5-7-18-13(6-2)16(22)20-15-8-11-10-19-21-14(11)9-12(15)17(3,4)23/h5-10,23H,1H2,2-4H3,(H,19,21)(H,20,22)/b13-6-,18-7-. The van der Waals surface area contributed by atoms with E-state index in [2.05, 4.69) is 27.1 Å². The molecule has 0 atom stereocenters. The van der Waals surface area contributed by atoms with Crippen LogP contribution in [-0.4, -0.2) is 27.4 Å². The summed E-state index contributed by atoms with van der Waals surface area (Å²) in [5.74, 6) is -0.362. The van der Waals surface area contributed by atoms with Crippen molar-refractivity contribution in [3.63, 3.8) is 0 Å². The fourth-order valence-electron chi connectivity index (χ4n) is 2.18. The van der Waals surface area contributed by atoms with E-state index in [1.54, 1.807) is 45.2 Å². The van der Waals surface area contributed by atoms with Crippen LogP contribution in [0, 0.1) is 0 Å². The molecule has 2 aromatic rings. The molecule has 0 saturated heterocycles. The summed E-state index contributed by atoms with van der Waals surface area (Å²) in [6, 6.07) is 3.55. The number of nitrogens with one attached hydrogen (secondary N) is 2. The molecule has 0 fully saturated rings. The van der Waals surface area contributed by atoms with E-state index in [4.69, 9.17) is 0 Å². The van der Waals surface area contributed by atoms with Gasteiger partial charge in [0.05, 0.1) is 17.3 Å². The number of H-pyrrole nitrogens is 1. The van der Waals surface area contributed by atoms with Gasteiger partial charge in [0, 0.05) is 22.9 Å². The van der Waals surface area contributed by atoms with Crippen LogP contribution >= 0.6 is 0 Å². The Bertz CT molecular complexity index is 795. The summed E-state index contributed by atoms with van der Waals surface area (Å²) in [6.07, 6.45) is 6.21. The van der Waals surface area contributed by atoms with Gasteiger partial charge >= 0.3 is 0 Å². The lowest BCUT2D eigenvalue weighted by molar-refractivity contribution is -0.112. The Labute approximate surface area is 134 Å². The number of aliphatic imine (C=N–C) groups is 1. The van der Waals surface area contributed by atoms with Crippen LogP contribution in [0.2, 0.25) is 0 Å². The molecule has 6 nitrogen and oxygen atoms in total. The molecule has 1 heterocycles. The maximum absolute atomic E-state index is 12.4. The number of aliphatic hydroxyl groups is 1. The van der Waals surface area contributed by atoms with Crippen molar-refractivity contribution in [3.05, 3.63) is 48.3 Å². The Kier molecular flexibility index (Phi) is 4.76. The second-order valence-electron chi connectivity index (χ2n) is 5.56. The summed E-state index contributed by atoms with van der Waals surface area (Å²) in [5.41, 5.74) is 1.04. The van der Waals surface area contributed by atoms with Crippen molar-refractivity contribution >= 4 is 28.7 Å². The zero-order chi connectivity index (χ0) is 17.0. The van der Waals surface area contributed by atoms with E-state index in [0.29, 0.717) is 11.3 Å². The second-order valence-corrected chi connectivity index (χ2v) is 5.56. The number of benzene rings is 1. The van der Waals surface area contributed by atoms with Crippen LogP contribution in [0.4, 0.5) is 5.69 Å². The van der Waals surface area contributed by atoms with E-state index >= 15 is 0 Å². The molecule has 0 aliphatic heterocycles. The summed E-state index contributed by atoms with van der Waals surface area (Å²) in [4.78, 5) is 16.4. The average Bonchev–Trinajstić information content (AvgIpc) is 2.93. The first-order valence-corrected chi connectivity index (χ1v) is 7.19. The number of nitrogens with zero attached hydrogens (tertiary/aromatic N) is 2. The van der Waals surface area contributed by atoms with Gasteiger partial charge in [-0.05, 0) is 32.9 Å². The van der Waals surface area contributed by atoms with Gasteiger partial charge in [0.25, 0.3) is 5.91 Å². The minimum Gasteiger partial charge on any atom is -0.386 e. The van der Waals surface area contributed by atoms with Crippen molar-refractivity contribution in [2.75, 3.05) is 5.32 Å². The van der Waals surface area contributed by atoms with Crippen molar-refractivity contribution in [1.29, 1.82) is 0 Å². The zero-order valence-corrected chi connectivity index (χ0v) is 13.4. The van der Waals surface area contributed by atoms with Crippen LogP contribution in [0.1, 0.15) is 26.3 Å². The minimum atomic E-state index is -1.12. The summed E-state index contributed by atoms with van der Waals surface area (Å²) in [5, 5.41) is 20.8. The number of amides is 1. The highest BCUT2D eigenvalue weighted by Gasteiger charge is 2.23. The Morgan fingerprint density at radius 1 is 1.48 bits per heavy atom. The quantitative estimate of drug-likeness (QED) is 0.585. The van der Waals surface area contributed by atoms with Crippen molar-refractivity contribution in [1.82, 2.24) is 10.2 Å². The Morgan fingerprint density at radius 3 is 2.83 bits per heavy atom. The summed E-state index contributed by atoms with van der Waals surface area (Å²) in [7, 11) is 0. The molecule has 0 bridgehead atoms. The van der Waals surface area contributed by atoms with Crippen LogP contribution in [0.5, 0.6) is 0 Å². The van der Waals surface area contributed by atoms with Gasteiger partial charge in [-0.3, -0.25) is 14.9 Å². The van der Waals surface area contributed by atoms with Gasteiger partial charge in [0.2, 0.25) is 0 Å². The fraction of sp³-hybridized carbons (Fsp3) is 0.235. The van der Waals surface area contributed by atoms with Crippen molar-refractivity contribution in [2.24, 2.45) is 4.99 Å². The number of anilines is 1. The van der Waals surface area contributed by atoms with Crippen LogP contribution in [0.25, 0.3) is 10.9 Å². The number of carbonyl (C=O) groups is 1. The molecule has 0 radical (unpaired) electrons. The van der Waals surface area contributed by atoms with E-state index in [-0.39, 0.29) is 11.6 Å². The lowest BCUT2D eigenvalue weighted by Gasteiger charge is -2.22. The molecular formula is C17H20N4O2. The molecule has 23 heavy (non-hydrogen) atoms. The predicted molar refractivity (Wildman–Crippen MR) is 92.4 cm³/mol. The summed E-state index contributed by atoms with van der Waals surface area (Å²) < 4.78 is 0. The third-order valence-electron chi connectivity index (χ3n) is 3.31. The smallest absolute Gasteiger partial charge is 0.273 e. The average molecular weight is 312 g/mol. The summed E-state index contributed by atoms with van der Waals surface area (Å²) in [6.45, 7) is 8.58. The number of hydrogen-bond acceptors (Lipinski definition) is 4. The van der Waals surface area contributed by atoms with Crippen molar-refractivity contribution in [2.45, 2.75) is 26.4 Å². The summed E-state index contributed by atoms with van der Waals surface area (Å²) >= 11 is 0. The second kappa shape index (κ2) is 6.58. The highest BCUT2D eigenvalue weighted by atomic mass is 16.3. The van der Waals surface area contributed by atoms with E-state index in [9.17, 15) is 9.90 Å². The van der Waals surface area contributed by atoms with Crippen molar-refractivity contribution in [3.8, 4) is 0 Å². The topological polar surface area (TPSA) is 90.4 Å². The molecule has 0 aliphatic rings. The first-order chi connectivity index (χ1) is 10.9. The minimum absolute atomic E-state index is 0.263. The highest BCUT2D eigenvalue weighted by Crippen LogP contribution is 2.31. The van der Waals surface area contributed by atoms with E-state index in [0.717, 1.165) is 10.9 Å².